The second-order valence-corrected chi connectivity index (χ2v) is 4.66. The van der Waals surface area contributed by atoms with E-state index < -0.39 is 0 Å². The van der Waals surface area contributed by atoms with Gasteiger partial charge in [0.2, 0.25) is 0 Å². The van der Waals surface area contributed by atoms with Crippen LogP contribution in [0.4, 0.5) is 0 Å². The molecule has 0 radical (unpaired) electrons. The maximum absolute atomic E-state index is 8.93. The van der Waals surface area contributed by atoms with Gasteiger partial charge in [-0.15, -0.1) is 0 Å². The van der Waals surface area contributed by atoms with Gasteiger partial charge in [0.15, 0.2) is 0 Å². The van der Waals surface area contributed by atoms with Crippen molar-refractivity contribution in [1.82, 2.24) is 14.9 Å². The summed E-state index contributed by atoms with van der Waals surface area (Å²) in [5, 5.41) is 12.3. The van der Waals surface area contributed by atoms with Crippen molar-refractivity contribution in [1.29, 1.82) is 0 Å². The lowest BCUT2D eigenvalue weighted by atomic mass is 10.2. The highest BCUT2D eigenvalue weighted by atomic mass is 16.3. The summed E-state index contributed by atoms with van der Waals surface area (Å²) in [5.74, 6) is 0.313. The Morgan fingerprint density at radius 2 is 2.12 bits per heavy atom. The molecule has 1 rings (SSSR count). The van der Waals surface area contributed by atoms with Crippen LogP contribution in [0, 0.1) is 19.8 Å². The van der Waals surface area contributed by atoms with E-state index in [0.29, 0.717) is 12.0 Å². The highest BCUT2D eigenvalue weighted by molar-refractivity contribution is 5.08. The van der Waals surface area contributed by atoms with Crippen molar-refractivity contribution in [2.45, 2.75) is 40.3 Å². The molecule has 4 heteroatoms. The number of hydrogen-bond donors (Lipinski definition) is 2. The molecule has 2 unspecified atom stereocenters. The highest BCUT2D eigenvalue weighted by Gasteiger charge is 2.08. The molecule has 1 aromatic heterocycles. The van der Waals surface area contributed by atoms with Gasteiger partial charge in [-0.2, -0.15) is 0 Å². The topological polar surface area (TPSA) is 50.1 Å². The van der Waals surface area contributed by atoms with Crippen LogP contribution in [0.3, 0.4) is 0 Å². The van der Waals surface area contributed by atoms with Crippen LogP contribution in [0.2, 0.25) is 0 Å². The van der Waals surface area contributed by atoms with Gasteiger partial charge < -0.3 is 15.0 Å². The predicted octanol–water partition coefficient (Wildman–Crippen LogP) is 1.11. The Bertz CT molecular complexity index is 322. The zero-order valence-electron chi connectivity index (χ0n) is 10.7. The molecule has 2 N–H and O–H groups in total. The highest BCUT2D eigenvalue weighted by Crippen LogP contribution is 2.05. The van der Waals surface area contributed by atoms with Gasteiger partial charge >= 0.3 is 0 Å². The van der Waals surface area contributed by atoms with Crippen LogP contribution in [0.1, 0.15) is 25.2 Å². The van der Waals surface area contributed by atoms with E-state index in [1.54, 1.807) is 0 Å². The van der Waals surface area contributed by atoms with Gasteiger partial charge in [0, 0.05) is 31.4 Å². The molecule has 0 amide bonds. The molecule has 0 aliphatic carbocycles. The Morgan fingerprint density at radius 1 is 1.44 bits per heavy atom. The zero-order valence-corrected chi connectivity index (χ0v) is 10.7. The van der Waals surface area contributed by atoms with Crippen LogP contribution in [0.25, 0.3) is 0 Å². The van der Waals surface area contributed by atoms with Crippen LogP contribution in [-0.4, -0.2) is 33.9 Å². The summed E-state index contributed by atoms with van der Waals surface area (Å²) >= 11 is 0. The molecule has 1 aromatic rings. The van der Waals surface area contributed by atoms with Crippen molar-refractivity contribution < 1.29 is 5.11 Å². The van der Waals surface area contributed by atoms with Crippen LogP contribution >= 0.6 is 0 Å². The number of rotatable bonds is 6. The number of aromatic nitrogens is 2. The molecule has 0 aliphatic rings. The maximum Gasteiger partial charge on any atom is 0.0951 e. The number of nitrogens with one attached hydrogen (secondary N) is 1. The third-order valence-electron chi connectivity index (χ3n) is 2.94. The minimum absolute atomic E-state index is 0.239. The quantitative estimate of drug-likeness (QED) is 0.762. The van der Waals surface area contributed by atoms with Crippen LogP contribution in [-0.2, 0) is 6.54 Å². The maximum atomic E-state index is 8.93. The third-order valence-corrected chi connectivity index (χ3v) is 2.94. The summed E-state index contributed by atoms with van der Waals surface area (Å²) in [4.78, 5) is 4.28. The summed E-state index contributed by atoms with van der Waals surface area (Å²) in [6, 6.07) is 0.390. The van der Waals surface area contributed by atoms with Gasteiger partial charge in [-0.05, 0) is 26.7 Å². The Morgan fingerprint density at radius 3 is 2.62 bits per heavy atom. The molecule has 0 aliphatic heterocycles. The van der Waals surface area contributed by atoms with Crippen molar-refractivity contribution >= 4 is 0 Å². The van der Waals surface area contributed by atoms with E-state index in [1.807, 2.05) is 20.2 Å². The van der Waals surface area contributed by atoms with E-state index in [2.05, 4.69) is 28.7 Å². The normalized spacial score (nSPS) is 15.1. The predicted molar refractivity (Wildman–Crippen MR) is 65.4 cm³/mol. The second kappa shape index (κ2) is 6.01. The SMILES string of the molecule is Cc1ncn(CC(C)NCC(C)CO)c1C. The van der Waals surface area contributed by atoms with Crippen molar-refractivity contribution in [2.24, 2.45) is 5.92 Å². The number of aryl methyl sites for hydroxylation is 1. The number of aliphatic hydroxyl groups is 1. The molecule has 0 aromatic carbocycles. The summed E-state index contributed by atoms with van der Waals surface area (Å²) in [6.07, 6.45) is 1.89. The van der Waals surface area contributed by atoms with E-state index in [1.165, 1.54) is 5.69 Å². The van der Waals surface area contributed by atoms with Crippen molar-refractivity contribution in [3.8, 4) is 0 Å². The fourth-order valence-corrected chi connectivity index (χ4v) is 1.55. The summed E-state index contributed by atoms with van der Waals surface area (Å²) in [6.45, 7) is 10.3. The lowest BCUT2D eigenvalue weighted by Gasteiger charge is -2.17. The Kier molecular flexibility index (Phi) is 4.96. The van der Waals surface area contributed by atoms with Crippen LogP contribution < -0.4 is 5.32 Å². The Labute approximate surface area is 97.7 Å². The van der Waals surface area contributed by atoms with Gasteiger partial charge in [-0.25, -0.2) is 4.98 Å². The Balaban J connectivity index is 2.39. The average Bonchev–Trinajstić information content (AvgIpc) is 2.57. The first kappa shape index (κ1) is 13.2. The largest absolute Gasteiger partial charge is 0.396 e. The first-order valence-electron chi connectivity index (χ1n) is 5.87. The average molecular weight is 225 g/mol. The summed E-state index contributed by atoms with van der Waals surface area (Å²) in [7, 11) is 0. The van der Waals surface area contributed by atoms with Gasteiger partial charge in [0.25, 0.3) is 0 Å². The molecule has 92 valence electrons. The van der Waals surface area contributed by atoms with E-state index in [0.717, 1.165) is 18.8 Å². The first-order valence-corrected chi connectivity index (χ1v) is 5.87. The monoisotopic (exact) mass is 225 g/mol. The van der Waals surface area contributed by atoms with Crippen LogP contribution in [0.5, 0.6) is 0 Å². The Hall–Kier alpha value is -0.870. The number of nitrogens with zero attached hydrogens (tertiary/aromatic N) is 2. The summed E-state index contributed by atoms with van der Waals surface area (Å²) in [5.41, 5.74) is 2.32. The van der Waals surface area contributed by atoms with Gasteiger partial charge in [0.1, 0.15) is 0 Å². The van der Waals surface area contributed by atoms with Crippen molar-refractivity contribution in [3.63, 3.8) is 0 Å². The molecular formula is C12H23N3O. The fourth-order valence-electron chi connectivity index (χ4n) is 1.55. The molecule has 0 bridgehead atoms. The lowest BCUT2D eigenvalue weighted by molar-refractivity contribution is 0.229. The lowest BCUT2D eigenvalue weighted by Crippen LogP contribution is -2.34. The molecular weight excluding hydrogens is 202 g/mol. The first-order chi connectivity index (χ1) is 7.54. The van der Waals surface area contributed by atoms with Gasteiger partial charge in [-0.1, -0.05) is 6.92 Å². The fraction of sp³-hybridized carbons (Fsp3) is 0.750. The molecule has 1 heterocycles. The molecule has 0 spiro atoms. The summed E-state index contributed by atoms with van der Waals surface area (Å²) < 4.78 is 2.16. The molecule has 0 saturated heterocycles. The number of imidazole rings is 1. The van der Waals surface area contributed by atoms with Crippen molar-refractivity contribution in [3.05, 3.63) is 17.7 Å². The molecule has 4 nitrogen and oxygen atoms in total. The van der Waals surface area contributed by atoms with E-state index in [4.69, 9.17) is 5.11 Å². The van der Waals surface area contributed by atoms with Crippen molar-refractivity contribution in [2.75, 3.05) is 13.2 Å². The minimum atomic E-state index is 0.239. The molecule has 16 heavy (non-hydrogen) atoms. The number of aliphatic hydroxyl groups excluding tert-OH is 1. The van der Waals surface area contributed by atoms with E-state index in [-0.39, 0.29) is 6.61 Å². The van der Waals surface area contributed by atoms with Gasteiger partial charge in [0.05, 0.1) is 12.0 Å². The minimum Gasteiger partial charge on any atom is -0.396 e. The number of hydrogen-bond acceptors (Lipinski definition) is 3. The molecule has 0 fully saturated rings. The smallest absolute Gasteiger partial charge is 0.0951 e. The molecule has 2 atom stereocenters. The second-order valence-electron chi connectivity index (χ2n) is 4.66. The third kappa shape index (κ3) is 3.61. The van der Waals surface area contributed by atoms with E-state index >= 15 is 0 Å². The van der Waals surface area contributed by atoms with E-state index in [9.17, 15) is 0 Å². The van der Waals surface area contributed by atoms with Gasteiger partial charge in [-0.3, -0.25) is 0 Å². The molecule has 0 saturated carbocycles. The van der Waals surface area contributed by atoms with Crippen LogP contribution in [0.15, 0.2) is 6.33 Å². The zero-order chi connectivity index (χ0) is 12.1. The standard InChI is InChI=1S/C12H23N3O/c1-9(7-16)5-13-10(2)6-15-8-14-11(3)12(15)4/h8-10,13,16H,5-7H2,1-4H3.